The van der Waals surface area contributed by atoms with Gasteiger partial charge < -0.3 is 29.8 Å². The van der Waals surface area contributed by atoms with Crippen LogP contribution in [0.5, 0.6) is 5.75 Å². The zero-order valence-corrected chi connectivity index (χ0v) is 50.2. The second-order valence-electron chi connectivity index (χ2n) is 21.8. The van der Waals surface area contributed by atoms with Crippen molar-refractivity contribution in [3.63, 3.8) is 0 Å². The van der Waals surface area contributed by atoms with Crippen LogP contribution in [0.4, 0.5) is 30.2 Å². The minimum atomic E-state index is -4.47. The lowest BCUT2D eigenvalue weighted by atomic mass is 9.80. The normalized spacial score (nSPS) is 17.2. The third-order valence-corrected chi connectivity index (χ3v) is 18.7. The summed E-state index contributed by atoms with van der Waals surface area (Å²) in [5.74, 6) is 2.29. The van der Waals surface area contributed by atoms with E-state index in [1.54, 1.807) is 29.2 Å². The molecule has 8 rings (SSSR count). The van der Waals surface area contributed by atoms with Gasteiger partial charge in [0.05, 0.1) is 16.5 Å². The average molecular weight is 1170 g/mol. The van der Waals surface area contributed by atoms with Crippen molar-refractivity contribution in [2.24, 2.45) is 5.92 Å². The van der Waals surface area contributed by atoms with Crippen molar-refractivity contribution in [3.05, 3.63) is 166 Å². The Hall–Kier alpha value is -4.58. The Morgan fingerprint density at radius 1 is 0.875 bits per heavy atom. The van der Waals surface area contributed by atoms with Crippen LogP contribution in [0.1, 0.15) is 98.9 Å². The fourth-order valence-electron chi connectivity index (χ4n) is 11.5. The van der Waals surface area contributed by atoms with Crippen molar-refractivity contribution in [1.82, 2.24) is 14.7 Å². The number of piperazine rings is 1. The molecule has 2 atom stereocenters. The molecule has 0 saturated carbocycles. The van der Waals surface area contributed by atoms with Gasteiger partial charge in [0.2, 0.25) is 5.91 Å². The van der Waals surface area contributed by atoms with Crippen molar-refractivity contribution in [2.75, 3.05) is 99.9 Å². The van der Waals surface area contributed by atoms with E-state index >= 15 is 0 Å². The zero-order valence-electron chi connectivity index (χ0n) is 47.0. The predicted octanol–water partition coefficient (Wildman–Crippen LogP) is 15.9. The predicted molar refractivity (Wildman–Crippen MR) is 332 cm³/mol. The molecule has 0 spiro atoms. The molecule has 9 nitrogen and oxygen atoms in total. The zero-order chi connectivity index (χ0) is 56.4. The van der Waals surface area contributed by atoms with Gasteiger partial charge in [0, 0.05) is 99.4 Å². The summed E-state index contributed by atoms with van der Waals surface area (Å²) < 4.78 is 44.4. The largest absolute Gasteiger partial charge is 0.454 e. The first-order chi connectivity index (χ1) is 38.7. The molecule has 2 saturated heterocycles. The number of aryl methyl sites for hydroxylation is 1. The number of benzene rings is 5. The number of carbonyl (C=O) groups excluding carboxylic acids is 1. The van der Waals surface area contributed by atoms with Gasteiger partial charge in [-0.1, -0.05) is 90.8 Å². The van der Waals surface area contributed by atoms with Gasteiger partial charge in [-0.15, -0.1) is 22.7 Å². The number of nitrogens with one attached hydrogen (secondary N) is 1. The summed E-state index contributed by atoms with van der Waals surface area (Å²) in [5.41, 5.74) is 7.29. The second-order valence-corrected chi connectivity index (χ2v) is 25.1. The molecule has 2 fully saturated rings. The lowest BCUT2D eigenvalue weighted by Crippen LogP contribution is -2.47. The van der Waals surface area contributed by atoms with Crippen LogP contribution < -0.4 is 20.0 Å². The third-order valence-electron chi connectivity index (χ3n) is 16.0. The number of halogens is 4. The number of likely N-dealkylation sites (tertiary alicyclic amines) is 1. The Kier molecular flexibility index (Phi) is 23.6. The highest BCUT2D eigenvalue weighted by atomic mass is 35.5. The highest BCUT2D eigenvalue weighted by Crippen LogP contribution is 2.42. The van der Waals surface area contributed by atoms with E-state index in [0.29, 0.717) is 29.7 Å². The maximum Gasteiger partial charge on any atom is 0.454 e. The van der Waals surface area contributed by atoms with Crippen LogP contribution in [-0.2, 0) is 15.5 Å². The number of piperidine rings is 1. The smallest absolute Gasteiger partial charge is 0.378 e. The number of amides is 1. The van der Waals surface area contributed by atoms with Crippen LogP contribution in [0.15, 0.2) is 138 Å². The van der Waals surface area contributed by atoms with E-state index in [2.05, 4.69) is 118 Å². The van der Waals surface area contributed by atoms with E-state index < -0.39 is 5.51 Å². The van der Waals surface area contributed by atoms with Crippen LogP contribution in [0.25, 0.3) is 5.57 Å². The highest BCUT2D eigenvalue weighted by molar-refractivity contribution is 8.75. The lowest BCUT2D eigenvalue weighted by molar-refractivity contribution is -0.116. The van der Waals surface area contributed by atoms with E-state index in [1.807, 2.05) is 55.6 Å². The van der Waals surface area contributed by atoms with Crippen molar-refractivity contribution in [1.29, 1.82) is 0 Å². The lowest BCUT2D eigenvalue weighted by Gasteiger charge is -2.39. The van der Waals surface area contributed by atoms with E-state index in [4.69, 9.17) is 20.8 Å². The first kappa shape index (κ1) is 61.5. The van der Waals surface area contributed by atoms with E-state index in [1.165, 1.54) is 33.7 Å². The SMILES string of the molecule is C=CCCN(CCC)CCC(CSc1ccccc1)Nc1ccc(Cc2ccc(N3CCN(CC4=C(c5ccc(Cl)cc5)CCC(CN5CCC(c6ccc(C)c(N(C)C(C)=O)c6)CC5)C4)CC3)cc2)cc1OOSSC(F)(F)F. The van der Waals surface area contributed by atoms with Crippen LogP contribution in [0.2, 0.25) is 5.02 Å². The number of allylic oxidation sites excluding steroid dienone is 1. The number of alkyl halides is 3. The maximum atomic E-state index is 13.1. The molecular weight excluding hydrogens is 1090 g/mol. The summed E-state index contributed by atoms with van der Waals surface area (Å²) in [6.07, 6.45) is 11.0. The van der Waals surface area contributed by atoms with Gasteiger partial charge in [-0.05, 0) is 184 Å². The van der Waals surface area contributed by atoms with E-state index in [-0.39, 0.29) is 33.8 Å². The summed E-state index contributed by atoms with van der Waals surface area (Å²) in [5, 5.41) is 4.46. The number of anilines is 3. The monoisotopic (exact) mass is 1170 g/mol. The quantitative estimate of drug-likeness (QED) is 0.0104. The van der Waals surface area contributed by atoms with Crippen molar-refractivity contribution in [3.8, 4) is 5.75 Å². The molecule has 430 valence electrons. The molecule has 0 aromatic heterocycles. The standard InChI is InChI=1S/C64H80ClF3N6O3S3/c1-6-8-32-71(31-7-2)35-30-57(46-78-59-12-10-9-11-13-59)69-61-27-18-50(42-63(61)76-77-80-79-64(66,67)68)40-49-15-24-58(25-16-49)74-38-36-73(37-39-74)45-55-41-51(17-26-60(55)53-20-22-56(65)23-21-53)44-72-33-28-52(29-34-72)54-19-14-47(3)62(43-54)70(5)48(4)75/h6,9-16,18-25,27,42-43,51-52,57,69H,1,7-8,17,26,28-41,44-46H2,2-5H3. The van der Waals surface area contributed by atoms with Crippen LogP contribution in [0, 0.1) is 12.8 Å². The molecule has 1 N–H and O–H groups in total. The molecule has 5 aromatic rings. The van der Waals surface area contributed by atoms with Gasteiger partial charge in [0.1, 0.15) is 11.1 Å². The van der Waals surface area contributed by atoms with Gasteiger partial charge in [0.15, 0.2) is 5.75 Å². The molecule has 2 unspecified atom stereocenters. The number of carbonyl (C=O) groups is 1. The first-order valence-corrected chi connectivity index (χ1v) is 31.9. The molecule has 5 aromatic carbocycles. The molecule has 2 aliphatic heterocycles. The topological polar surface area (TPSA) is 63.8 Å². The molecule has 1 amide bonds. The van der Waals surface area contributed by atoms with Crippen molar-refractivity contribution < 1.29 is 27.2 Å². The van der Waals surface area contributed by atoms with Gasteiger partial charge in [-0.25, -0.2) is 0 Å². The summed E-state index contributed by atoms with van der Waals surface area (Å²) in [4.78, 5) is 31.1. The van der Waals surface area contributed by atoms with Crippen LogP contribution in [-0.4, -0.2) is 117 Å². The van der Waals surface area contributed by atoms with Crippen LogP contribution in [0.3, 0.4) is 0 Å². The van der Waals surface area contributed by atoms with Crippen molar-refractivity contribution in [2.45, 2.75) is 101 Å². The van der Waals surface area contributed by atoms with E-state index in [0.717, 1.165) is 150 Å². The fraction of sp³-hybridized carbons (Fsp3) is 0.453. The number of rotatable bonds is 27. The third kappa shape index (κ3) is 18.7. The summed E-state index contributed by atoms with van der Waals surface area (Å²) in [6, 6.07) is 40.1. The Bertz CT molecular complexity index is 2780. The Labute approximate surface area is 491 Å². The van der Waals surface area contributed by atoms with Gasteiger partial charge >= 0.3 is 5.51 Å². The number of thioether (sulfide) groups is 1. The molecule has 16 heteroatoms. The van der Waals surface area contributed by atoms with Gasteiger partial charge in [-0.2, -0.15) is 13.2 Å². The average Bonchev–Trinajstić information content (AvgIpc) is 3.48. The number of hydrogen-bond acceptors (Lipinski definition) is 11. The second kappa shape index (κ2) is 30.6. The Morgan fingerprint density at radius 3 is 2.31 bits per heavy atom. The highest BCUT2D eigenvalue weighted by Gasteiger charge is 2.31. The number of hydrogen-bond donors (Lipinski definition) is 1. The van der Waals surface area contributed by atoms with E-state index in [9.17, 15) is 18.0 Å². The molecule has 0 bridgehead atoms. The minimum absolute atomic E-state index is 0.0287. The van der Waals surface area contributed by atoms with Gasteiger partial charge in [-0.3, -0.25) is 9.69 Å². The Balaban J connectivity index is 0.878. The van der Waals surface area contributed by atoms with Crippen molar-refractivity contribution >= 4 is 73.8 Å². The summed E-state index contributed by atoms with van der Waals surface area (Å²) >= 11 is 8.32. The number of nitrogens with zero attached hydrogens (tertiary/aromatic N) is 5. The summed E-state index contributed by atoms with van der Waals surface area (Å²) in [7, 11) is 1.51. The van der Waals surface area contributed by atoms with Crippen LogP contribution >= 0.6 is 45.2 Å². The molecular formula is C64H80ClF3N6O3S3. The summed E-state index contributed by atoms with van der Waals surface area (Å²) in [6.45, 7) is 20.7. The molecule has 1 aliphatic carbocycles. The van der Waals surface area contributed by atoms with Gasteiger partial charge in [0.25, 0.3) is 0 Å². The minimum Gasteiger partial charge on any atom is -0.378 e. The molecule has 2 heterocycles. The first-order valence-electron chi connectivity index (χ1n) is 28.5. The molecule has 3 aliphatic rings. The maximum absolute atomic E-state index is 13.1. The molecule has 0 radical (unpaired) electrons. The fourth-order valence-corrected chi connectivity index (χ4v) is 13.2. The molecule has 80 heavy (non-hydrogen) atoms. The Morgan fingerprint density at radius 2 is 1.61 bits per heavy atom.